The molecule has 30 heavy (non-hydrogen) atoms. The number of hydrogen-bond donors (Lipinski definition) is 2. The van der Waals surface area contributed by atoms with Crippen LogP contribution < -0.4 is 20.1 Å². The van der Waals surface area contributed by atoms with Crippen molar-refractivity contribution in [2.24, 2.45) is 0 Å². The molecule has 0 unspecified atom stereocenters. The Morgan fingerprint density at radius 1 is 1.20 bits per heavy atom. The predicted molar refractivity (Wildman–Crippen MR) is 110 cm³/mol. The second kappa shape index (κ2) is 10.1. The molecule has 0 aliphatic carbocycles. The lowest BCUT2D eigenvalue weighted by Gasteiger charge is -2.34. The quantitative estimate of drug-likeness (QED) is 0.688. The summed E-state index contributed by atoms with van der Waals surface area (Å²) >= 11 is 0. The molecule has 1 heterocycles. The Balaban J connectivity index is 1.65. The first-order valence-corrected chi connectivity index (χ1v) is 9.74. The highest BCUT2D eigenvalue weighted by molar-refractivity contribution is 5.88. The van der Waals surface area contributed by atoms with Crippen LogP contribution in [0.4, 0.5) is 4.39 Å². The first-order chi connectivity index (χ1) is 14.5. The summed E-state index contributed by atoms with van der Waals surface area (Å²) in [5.74, 6) is 0.458. The number of ether oxygens (including phenoxy) is 2. The Morgan fingerprint density at radius 3 is 2.73 bits per heavy atom. The number of nitrogens with zero attached hydrogens (tertiary/aromatic N) is 1. The van der Waals surface area contributed by atoms with E-state index in [2.05, 4.69) is 10.6 Å². The molecule has 2 aromatic rings. The Morgan fingerprint density at radius 2 is 2.00 bits per heavy atom. The fraction of sp³-hybridized carbons (Fsp3) is 0.364. The average molecular weight is 415 g/mol. The van der Waals surface area contributed by atoms with Crippen LogP contribution in [0.15, 0.2) is 42.5 Å². The molecule has 1 fully saturated rings. The van der Waals surface area contributed by atoms with Gasteiger partial charge in [-0.2, -0.15) is 0 Å². The SMILES string of the molecule is COc1ccc(OC)c(CNC(=O)C[C@H]2C(=O)NCCN2Cc2ccccc2F)c1. The van der Waals surface area contributed by atoms with Crippen molar-refractivity contribution < 1.29 is 23.5 Å². The first-order valence-electron chi connectivity index (χ1n) is 9.74. The Hall–Kier alpha value is -3.13. The summed E-state index contributed by atoms with van der Waals surface area (Å²) in [7, 11) is 3.12. The van der Waals surface area contributed by atoms with Gasteiger partial charge in [0.15, 0.2) is 0 Å². The van der Waals surface area contributed by atoms with E-state index in [1.807, 2.05) is 4.90 Å². The van der Waals surface area contributed by atoms with Gasteiger partial charge in [-0.25, -0.2) is 4.39 Å². The van der Waals surface area contributed by atoms with Gasteiger partial charge in [0.2, 0.25) is 11.8 Å². The zero-order valence-electron chi connectivity index (χ0n) is 17.1. The van der Waals surface area contributed by atoms with Gasteiger partial charge in [-0.3, -0.25) is 14.5 Å². The molecule has 2 N–H and O–H groups in total. The number of piperazine rings is 1. The van der Waals surface area contributed by atoms with Crippen LogP contribution in [0.5, 0.6) is 11.5 Å². The minimum atomic E-state index is -0.662. The average Bonchev–Trinajstić information content (AvgIpc) is 2.76. The predicted octanol–water partition coefficient (Wildman–Crippen LogP) is 1.85. The third-order valence-corrected chi connectivity index (χ3v) is 5.12. The summed E-state index contributed by atoms with van der Waals surface area (Å²) in [5, 5.41) is 5.62. The van der Waals surface area contributed by atoms with Crippen LogP contribution in [0.2, 0.25) is 0 Å². The number of carbonyl (C=O) groups excluding carboxylic acids is 2. The molecule has 8 heteroatoms. The molecule has 0 bridgehead atoms. The van der Waals surface area contributed by atoms with Crippen molar-refractivity contribution in [3.05, 3.63) is 59.4 Å². The van der Waals surface area contributed by atoms with Gasteiger partial charge in [-0.05, 0) is 24.3 Å². The van der Waals surface area contributed by atoms with E-state index < -0.39 is 6.04 Å². The van der Waals surface area contributed by atoms with Crippen molar-refractivity contribution >= 4 is 11.8 Å². The molecule has 2 amide bonds. The Labute approximate surface area is 175 Å². The van der Waals surface area contributed by atoms with Gasteiger partial charge in [0.05, 0.1) is 26.7 Å². The molecule has 1 atom stereocenters. The molecular weight excluding hydrogens is 389 g/mol. The smallest absolute Gasteiger partial charge is 0.237 e. The van der Waals surface area contributed by atoms with Crippen molar-refractivity contribution in [2.75, 3.05) is 27.3 Å². The number of carbonyl (C=O) groups is 2. The zero-order valence-corrected chi connectivity index (χ0v) is 17.1. The molecule has 160 valence electrons. The van der Waals surface area contributed by atoms with E-state index in [1.165, 1.54) is 6.07 Å². The third-order valence-electron chi connectivity index (χ3n) is 5.12. The summed E-state index contributed by atoms with van der Waals surface area (Å²) in [6.45, 7) is 1.51. The maximum Gasteiger partial charge on any atom is 0.237 e. The van der Waals surface area contributed by atoms with Crippen molar-refractivity contribution in [2.45, 2.75) is 25.6 Å². The number of rotatable bonds is 8. The molecule has 3 rings (SSSR count). The van der Waals surface area contributed by atoms with E-state index in [0.29, 0.717) is 30.2 Å². The van der Waals surface area contributed by atoms with Crippen LogP contribution in [-0.4, -0.2) is 50.1 Å². The van der Waals surface area contributed by atoms with E-state index in [-0.39, 0.29) is 37.1 Å². The van der Waals surface area contributed by atoms with Crippen molar-refractivity contribution in [1.82, 2.24) is 15.5 Å². The number of hydrogen-bond acceptors (Lipinski definition) is 5. The van der Waals surface area contributed by atoms with Crippen LogP contribution in [0.1, 0.15) is 17.5 Å². The molecule has 2 aromatic carbocycles. The summed E-state index contributed by atoms with van der Waals surface area (Å²) in [4.78, 5) is 26.8. The van der Waals surface area contributed by atoms with E-state index in [4.69, 9.17) is 9.47 Å². The minimum absolute atomic E-state index is 0.0213. The number of methoxy groups -OCH3 is 2. The van der Waals surface area contributed by atoms with Crippen molar-refractivity contribution in [3.63, 3.8) is 0 Å². The van der Waals surface area contributed by atoms with Gasteiger partial charge in [0.25, 0.3) is 0 Å². The number of amides is 2. The topological polar surface area (TPSA) is 79.9 Å². The zero-order chi connectivity index (χ0) is 21.5. The highest BCUT2D eigenvalue weighted by Gasteiger charge is 2.32. The Kier molecular flexibility index (Phi) is 7.24. The maximum atomic E-state index is 14.0. The van der Waals surface area contributed by atoms with Crippen LogP contribution in [-0.2, 0) is 22.7 Å². The van der Waals surface area contributed by atoms with E-state index in [1.54, 1.807) is 50.6 Å². The lowest BCUT2D eigenvalue weighted by Crippen LogP contribution is -2.56. The normalized spacial score (nSPS) is 16.6. The van der Waals surface area contributed by atoms with Crippen LogP contribution in [0.25, 0.3) is 0 Å². The molecular formula is C22H26FN3O4. The highest BCUT2D eigenvalue weighted by Crippen LogP contribution is 2.24. The van der Waals surface area contributed by atoms with Gasteiger partial charge in [-0.1, -0.05) is 18.2 Å². The summed E-state index contributed by atoms with van der Waals surface area (Å²) < 4.78 is 24.6. The van der Waals surface area contributed by atoms with Gasteiger partial charge in [0, 0.05) is 37.3 Å². The molecule has 0 saturated carbocycles. The molecule has 7 nitrogen and oxygen atoms in total. The standard InChI is InChI=1S/C22H26FN3O4/c1-29-17-7-8-20(30-2)16(11-17)13-25-21(27)12-19-22(28)24-9-10-26(19)14-15-5-3-4-6-18(15)23/h3-8,11,19H,9-10,12-14H2,1-2H3,(H,24,28)(H,25,27)/t19-/m0/s1. The molecule has 1 saturated heterocycles. The highest BCUT2D eigenvalue weighted by atomic mass is 19.1. The van der Waals surface area contributed by atoms with Gasteiger partial charge < -0.3 is 20.1 Å². The van der Waals surface area contributed by atoms with Crippen LogP contribution in [0, 0.1) is 5.82 Å². The van der Waals surface area contributed by atoms with E-state index >= 15 is 0 Å². The van der Waals surface area contributed by atoms with Gasteiger partial charge >= 0.3 is 0 Å². The fourth-order valence-electron chi connectivity index (χ4n) is 3.48. The van der Waals surface area contributed by atoms with Crippen LogP contribution in [0.3, 0.4) is 0 Å². The first kappa shape index (κ1) is 21.6. The largest absolute Gasteiger partial charge is 0.497 e. The summed E-state index contributed by atoms with van der Waals surface area (Å²) in [6.07, 6.45) is -0.0213. The second-order valence-electron chi connectivity index (χ2n) is 7.03. The summed E-state index contributed by atoms with van der Waals surface area (Å²) in [5.41, 5.74) is 1.26. The molecule has 1 aliphatic rings. The Bertz CT molecular complexity index is 906. The number of nitrogens with one attached hydrogen (secondary N) is 2. The van der Waals surface area contributed by atoms with Crippen molar-refractivity contribution in [3.8, 4) is 11.5 Å². The summed E-state index contributed by atoms with van der Waals surface area (Å²) in [6, 6.07) is 11.1. The van der Waals surface area contributed by atoms with E-state index in [9.17, 15) is 14.0 Å². The second-order valence-corrected chi connectivity index (χ2v) is 7.03. The lowest BCUT2D eigenvalue weighted by molar-refractivity contribution is -0.134. The van der Waals surface area contributed by atoms with Gasteiger partial charge in [0.1, 0.15) is 17.3 Å². The number of halogens is 1. The van der Waals surface area contributed by atoms with Crippen molar-refractivity contribution in [1.29, 1.82) is 0 Å². The van der Waals surface area contributed by atoms with Gasteiger partial charge in [-0.15, -0.1) is 0 Å². The van der Waals surface area contributed by atoms with E-state index in [0.717, 1.165) is 5.56 Å². The molecule has 0 radical (unpaired) electrons. The number of benzene rings is 2. The molecule has 1 aliphatic heterocycles. The molecule has 0 spiro atoms. The maximum absolute atomic E-state index is 14.0. The van der Waals surface area contributed by atoms with Crippen LogP contribution >= 0.6 is 0 Å². The third kappa shape index (κ3) is 5.27. The fourth-order valence-corrected chi connectivity index (χ4v) is 3.48. The minimum Gasteiger partial charge on any atom is -0.497 e. The monoisotopic (exact) mass is 415 g/mol. The lowest BCUT2D eigenvalue weighted by atomic mass is 10.1. The molecule has 0 aromatic heterocycles.